The zero-order chi connectivity index (χ0) is 13.8. The van der Waals surface area contributed by atoms with Crippen molar-refractivity contribution in [1.29, 1.82) is 0 Å². The third-order valence-corrected chi connectivity index (χ3v) is 4.56. The molecule has 3 rings (SSSR count). The van der Waals surface area contributed by atoms with Crippen LogP contribution in [0.1, 0.15) is 24.0 Å². The minimum absolute atomic E-state index is 0.157. The quantitative estimate of drug-likeness (QED) is 0.891. The molecule has 1 aliphatic rings. The van der Waals surface area contributed by atoms with E-state index in [2.05, 4.69) is 48.5 Å². The molecule has 1 N–H and O–H groups in total. The molecule has 1 heteroatoms. The van der Waals surface area contributed by atoms with Gasteiger partial charge in [0.2, 0.25) is 0 Å². The number of hydrogen-bond donors (Lipinski definition) is 1. The van der Waals surface area contributed by atoms with Gasteiger partial charge >= 0.3 is 0 Å². The van der Waals surface area contributed by atoms with E-state index in [-0.39, 0.29) is 6.10 Å². The molecule has 0 amide bonds. The molecule has 20 heavy (non-hydrogen) atoms. The molecule has 2 atom stereocenters. The second-order valence-electron chi connectivity index (χ2n) is 5.97. The molecule has 1 aliphatic carbocycles. The average molecular weight is 266 g/mol. The largest absolute Gasteiger partial charge is 0.393 e. The van der Waals surface area contributed by atoms with Gasteiger partial charge in [0, 0.05) is 0 Å². The number of aliphatic hydroxyl groups excluding tert-OH is 1. The van der Waals surface area contributed by atoms with Crippen LogP contribution in [0.25, 0.3) is 0 Å². The summed E-state index contributed by atoms with van der Waals surface area (Å²) >= 11 is 0. The molecule has 2 unspecified atom stereocenters. The number of hydrogen-bond acceptors (Lipinski definition) is 1. The number of aliphatic hydroxyl groups is 1. The fraction of sp³-hybridized carbons (Fsp3) is 0.368. The highest BCUT2D eigenvalue weighted by molar-refractivity contribution is 5.18. The minimum Gasteiger partial charge on any atom is -0.393 e. The lowest BCUT2D eigenvalue weighted by Crippen LogP contribution is -2.24. The lowest BCUT2D eigenvalue weighted by molar-refractivity contribution is 0.0909. The second kappa shape index (κ2) is 6.23. The number of rotatable bonds is 4. The first-order valence-electron chi connectivity index (χ1n) is 7.59. The van der Waals surface area contributed by atoms with Crippen molar-refractivity contribution >= 4 is 0 Å². The van der Waals surface area contributed by atoms with Gasteiger partial charge in [0.15, 0.2) is 0 Å². The van der Waals surface area contributed by atoms with Crippen molar-refractivity contribution in [2.45, 2.75) is 31.8 Å². The van der Waals surface area contributed by atoms with E-state index >= 15 is 0 Å². The van der Waals surface area contributed by atoms with E-state index < -0.39 is 0 Å². The van der Waals surface area contributed by atoms with Crippen LogP contribution in [-0.4, -0.2) is 11.2 Å². The van der Waals surface area contributed by atoms with Gasteiger partial charge in [-0.1, -0.05) is 60.7 Å². The maximum absolute atomic E-state index is 10.6. The molecular formula is C19H22O. The van der Waals surface area contributed by atoms with Crippen molar-refractivity contribution in [3.63, 3.8) is 0 Å². The van der Waals surface area contributed by atoms with Crippen LogP contribution in [0.4, 0.5) is 0 Å². The lowest BCUT2D eigenvalue weighted by atomic mass is 9.91. The summed E-state index contributed by atoms with van der Waals surface area (Å²) in [5.74, 6) is 0.845. The summed E-state index contributed by atoms with van der Waals surface area (Å²) in [6.45, 7) is 0. The summed E-state index contributed by atoms with van der Waals surface area (Å²) in [7, 11) is 0. The molecule has 0 aliphatic heterocycles. The first-order valence-corrected chi connectivity index (χ1v) is 7.59. The first kappa shape index (κ1) is 13.4. The van der Waals surface area contributed by atoms with Gasteiger partial charge in [0.1, 0.15) is 0 Å². The fourth-order valence-electron chi connectivity index (χ4n) is 3.43. The monoisotopic (exact) mass is 266 g/mol. The van der Waals surface area contributed by atoms with Gasteiger partial charge in [-0.25, -0.2) is 0 Å². The Morgan fingerprint density at radius 2 is 1.10 bits per heavy atom. The second-order valence-corrected chi connectivity index (χ2v) is 5.97. The highest BCUT2D eigenvalue weighted by Gasteiger charge is 2.34. The smallest absolute Gasteiger partial charge is 0.0602 e. The Morgan fingerprint density at radius 3 is 1.50 bits per heavy atom. The molecule has 0 bridgehead atoms. The predicted molar refractivity (Wildman–Crippen MR) is 82.5 cm³/mol. The minimum atomic E-state index is -0.157. The third kappa shape index (κ3) is 3.10. The summed E-state index contributed by atoms with van der Waals surface area (Å²) in [5.41, 5.74) is 2.69. The maximum atomic E-state index is 10.6. The molecule has 0 radical (unpaired) electrons. The van der Waals surface area contributed by atoms with Crippen LogP contribution >= 0.6 is 0 Å². The Bertz CT molecular complexity index is 470. The molecule has 104 valence electrons. The zero-order valence-electron chi connectivity index (χ0n) is 11.8. The summed E-state index contributed by atoms with van der Waals surface area (Å²) in [5, 5.41) is 10.6. The van der Waals surface area contributed by atoms with Gasteiger partial charge in [-0.2, -0.15) is 0 Å². The number of benzene rings is 2. The Kier molecular flexibility index (Phi) is 4.17. The Hall–Kier alpha value is -1.60. The predicted octanol–water partition coefficient (Wildman–Crippen LogP) is 3.86. The van der Waals surface area contributed by atoms with Crippen LogP contribution in [0.2, 0.25) is 0 Å². The van der Waals surface area contributed by atoms with Gasteiger partial charge in [-0.05, 0) is 48.6 Å². The van der Waals surface area contributed by atoms with E-state index in [0.29, 0.717) is 11.8 Å². The van der Waals surface area contributed by atoms with Crippen LogP contribution in [0, 0.1) is 11.8 Å². The molecule has 2 aromatic rings. The summed E-state index contributed by atoms with van der Waals surface area (Å²) in [4.78, 5) is 0. The van der Waals surface area contributed by atoms with Crippen LogP contribution < -0.4 is 0 Å². The van der Waals surface area contributed by atoms with E-state index in [4.69, 9.17) is 0 Å². The van der Waals surface area contributed by atoms with Gasteiger partial charge < -0.3 is 5.11 Å². The summed E-state index contributed by atoms with van der Waals surface area (Å²) < 4.78 is 0. The van der Waals surface area contributed by atoms with Crippen molar-refractivity contribution in [3.05, 3.63) is 71.8 Å². The molecule has 0 saturated heterocycles. The SMILES string of the molecule is OC1C(Cc2ccccc2)CCC1Cc1ccccc1. The van der Waals surface area contributed by atoms with E-state index in [1.165, 1.54) is 11.1 Å². The zero-order valence-corrected chi connectivity index (χ0v) is 11.8. The Morgan fingerprint density at radius 1 is 0.700 bits per heavy atom. The summed E-state index contributed by atoms with van der Waals surface area (Å²) in [6, 6.07) is 21.1. The lowest BCUT2D eigenvalue weighted by Gasteiger charge is -2.20. The van der Waals surface area contributed by atoms with Crippen molar-refractivity contribution in [2.24, 2.45) is 11.8 Å². The molecular weight excluding hydrogens is 244 g/mol. The van der Waals surface area contributed by atoms with E-state index in [1.807, 2.05) is 12.1 Å². The molecule has 0 spiro atoms. The van der Waals surface area contributed by atoms with E-state index in [0.717, 1.165) is 25.7 Å². The van der Waals surface area contributed by atoms with Crippen molar-refractivity contribution < 1.29 is 5.11 Å². The third-order valence-electron chi connectivity index (χ3n) is 4.56. The van der Waals surface area contributed by atoms with E-state index in [1.54, 1.807) is 0 Å². The Labute approximate surface area is 121 Å². The molecule has 2 aromatic carbocycles. The summed E-state index contributed by atoms with van der Waals surface area (Å²) in [6.07, 6.45) is 4.15. The van der Waals surface area contributed by atoms with Crippen LogP contribution in [0.3, 0.4) is 0 Å². The van der Waals surface area contributed by atoms with Crippen molar-refractivity contribution in [3.8, 4) is 0 Å². The molecule has 1 nitrogen and oxygen atoms in total. The fourth-order valence-corrected chi connectivity index (χ4v) is 3.43. The van der Waals surface area contributed by atoms with Gasteiger partial charge in [0.25, 0.3) is 0 Å². The molecule has 1 saturated carbocycles. The first-order chi connectivity index (χ1) is 9.83. The van der Waals surface area contributed by atoms with Crippen molar-refractivity contribution in [1.82, 2.24) is 0 Å². The van der Waals surface area contributed by atoms with Crippen LogP contribution in [0.5, 0.6) is 0 Å². The highest BCUT2D eigenvalue weighted by atomic mass is 16.3. The Balaban J connectivity index is 1.61. The average Bonchev–Trinajstić information content (AvgIpc) is 2.83. The van der Waals surface area contributed by atoms with Crippen LogP contribution in [-0.2, 0) is 12.8 Å². The van der Waals surface area contributed by atoms with E-state index in [9.17, 15) is 5.11 Å². The molecule has 0 aromatic heterocycles. The van der Waals surface area contributed by atoms with Crippen LogP contribution in [0.15, 0.2) is 60.7 Å². The highest BCUT2D eigenvalue weighted by Crippen LogP contribution is 2.35. The van der Waals surface area contributed by atoms with Crippen molar-refractivity contribution in [2.75, 3.05) is 0 Å². The molecule has 0 heterocycles. The molecule has 1 fully saturated rings. The normalized spacial score (nSPS) is 25.8. The maximum Gasteiger partial charge on any atom is 0.0602 e. The van der Waals surface area contributed by atoms with Gasteiger partial charge in [-0.15, -0.1) is 0 Å². The topological polar surface area (TPSA) is 20.2 Å². The standard InChI is InChI=1S/C19H22O/c20-19-17(13-15-7-3-1-4-8-15)11-12-18(19)14-16-9-5-2-6-10-16/h1-10,17-20H,11-14H2. The van der Waals surface area contributed by atoms with Gasteiger partial charge in [-0.3, -0.25) is 0 Å². The van der Waals surface area contributed by atoms with Gasteiger partial charge in [0.05, 0.1) is 6.10 Å².